The predicted octanol–water partition coefficient (Wildman–Crippen LogP) is 4.08. The van der Waals surface area contributed by atoms with E-state index in [1.165, 1.54) is 25.1 Å². The van der Waals surface area contributed by atoms with Crippen LogP contribution in [0.3, 0.4) is 0 Å². The van der Waals surface area contributed by atoms with Gasteiger partial charge in [0.2, 0.25) is 5.43 Å². The Morgan fingerprint density at radius 2 is 1.94 bits per heavy atom. The number of aryl methyl sites for hydroxylation is 3. The first-order valence-corrected chi connectivity index (χ1v) is 10.5. The number of nitrogens with zero attached hydrogens (tertiary/aromatic N) is 3. The number of halogens is 3. The maximum Gasteiger partial charge on any atom is 0.418 e. The summed E-state index contributed by atoms with van der Waals surface area (Å²) in [5.41, 5.74) is -1.08. The maximum atomic E-state index is 13.4. The molecule has 0 atom stereocenters. The fourth-order valence-electron chi connectivity index (χ4n) is 3.05. The molecule has 164 valence electrons. The number of alkyl halides is 3. The zero-order valence-corrected chi connectivity index (χ0v) is 17.8. The SMILES string of the molecule is Cc1csc(CCCCNC(=O)c2nn(-c3ccccc3C(F)(F)F)c(C)cc2=O)n1. The molecule has 0 saturated carbocycles. The average Bonchev–Trinajstić information content (AvgIpc) is 3.12. The molecule has 10 heteroatoms. The van der Waals surface area contributed by atoms with Crippen LogP contribution in [-0.4, -0.2) is 27.2 Å². The van der Waals surface area contributed by atoms with Gasteiger partial charge < -0.3 is 5.32 Å². The summed E-state index contributed by atoms with van der Waals surface area (Å²) in [7, 11) is 0. The highest BCUT2D eigenvalue weighted by Crippen LogP contribution is 2.33. The van der Waals surface area contributed by atoms with Crippen LogP contribution in [0.1, 0.15) is 45.3 Å². The number of nitrogens with one attached hydrogen (secondary N) is 1. The van der Waals surface area contributed by atoms with Crippen molar-refractivity contribution in [2.75, 3.05) is 6.54 Å². The molecule has 0 unspecified atom stereocenters. The van der Waals surface area contributed by atoms with E-state index < -0.39 is 28.8 Å². The lowest BCUT2D eigenvalue weighted by Gasteiger charge is -2.16. The van der Waals surface area contributed by atoms with Crippen LogP contribution < -0.4 is 10.7 Å². The molecule has 3 aromatic rings. The number of amides is 1. The first-order chi connectivity index (χ1) is 14.7. The number of carbonyl (C=O) groups excluding carboxylic acids is 1. The molecule has 0 aliphatic carbocycles. The minimum Gasteiger partial charge on any atom is -0.351 e. The Morgan fingerprint density at radius 1 is 1.19 bits per heavy atom. The molecule has 0 aliphatic rings. The van der Waals surface area contributed by atoms with E-state index in [-0.39, 0.29) is 11.4 Å². The normalized spacial score (nSPS) is 11.5. The molecule has 6 nitrogen and oxygen atoms in total. The molecule has 0 saturated heterocycles. The average molecular weight is 450 g/mol. The second-order valence-electron chi connectivity index (χ2n) is 7.02. The Balaban J connectivity index is 1.72. The smallest absolute Gasteiger partial charge is 0.351 e. The van der Waals surface area contributed by atoms with Crippen LogP contribution in [0, 0.1) is 13.8 Å². The van der Waals surface area contributed by atoms with E-state index in [2.05, 4.69) is 15.4 Å². The maximum absolute atomic E-state index is 13.4. The van der Waals surface area contributed by atoms with Crippen molar-refractivity contribution in [3.8, 4) is 5.69 Å². The monoisotopic (exact) mass is 450 g/mol. The summed E-state index contributed by atoms with van der Waals surface area (Å²) in [5, 5.41) is 9.57. The molecule has 0 fully saturated rings. The quantitative estimate of drug-likeness (QED) is 0.551. The fraction of sp³-hybridized carbons (Fsp3) is 0.333. The van der Waals surface area contributed by atoms with Crippen molar-refractivity contribution in [2.45, 2.75) is 39.3 Å². The zero-order valence-electron chi connectivity index (χ0n) is 17.0. The lowest BCUT2D eigenvalue weighted by atomic mass is 10.1. The molecular weight excluding hydrogens is 429 g/mol. The lowest BCUT2D eigenvalue weighted by Crippen LogP contribution is -2.32. The largest absolute Gasteiger partial charge is 0.418 e. The minimum atomic E-state index is -4.60. The van der Waals surface area contributed by atoms with E-state index in [1.54, 1.807) is 11.3 Å². The van der Waals surface area contributed by atoms with Crippen LogP contribution in [0.5, 0.6) is 0 Å². The zero-order chi connectivity index (χ0) is 22.6. The van der Waals surface area contributed by atoms with Gasteiger partial charge in [-0.2, -0.15) is 18.3 Å². The van der Waals surface area contributed by atoms with Crippen LogP contribution in [0.2, 0.25) is 0 Å². The van der Waals surface area contributed by atoms with E-state index in [1.807, 2.05) is 12.3 Å². The lowest BCUT2D eigenvalue weighted by molar-refractivity contribution is -0.137. The van der Waals surface area contributed by atoms with Crippen LogP contribution in [0.4, 0.5) is 13.2 Å². The summed E-state index contributed by atoms with van der Waals surface area (Å²) < 4.78 is 41.1. The van der Waals surface area contributed by atoms with Gasteiger partial charge in [0.15, 0.2) is 5.69 Å². The molecular formula is C21H21F3N4O2S. The number of hydrogen-bond donors (Lipinski definition) is 1. The first-order valence-electron chi connectivity index (χ1n) is 9.63. The molecule has 0 bridgehead atoms. The summed E-state index contributed by atoms with van der Waals surface area (Å²) in [5.74, 6) is -0.715. The van der Waals surface area contributed by atoms with Crippen molar-refractivity contribution in [3.63, 3.8) is 0 Å². The molecule has 1 N–H and O–H groups in total. The third-order valence-corrected chi connectivity index (χ3v) is 5.56. The van der Waals surface area contributed by atoms with Gasteiger partial charge in [0.05, 0.1) is 16.3 Å². The third-order valence-electron chi connectivity index (χ3n) is 4.53. The second kappa shape index (κ2) is 9.42. The molecule has 3 rings (SSSR count). The number of rotatable bonds is 7. The van der Waals surface area contributed by atoms with Crippen molar-refractivity contribution < 1.29 is 18.0 Å². The number of para-hydroxylation sites is 1. The Bertz CT molecular complexity index is 1140. The van der Waals surface area contributed by atoms with Crippen molar-refractivity contribution in [3.05, 3.63) is 73.6 Å². The van der Waals surface area contributed by atoms with Crippen LogP contribution >= 0.6 is 11.3 Å². The van der Waals surface area contributed by atoms with Crippen molar-refractivity contribution in [2.24, 2.45) is 0 Å². The summed E-state index contributed by atoms with van der Waals surface area (Å²) >= 11 is 1.58. The number of hydrogen-bond acceptors (Lipinski definition) is 5. The molecule has 1 aromatic carbocycles. The molecule has 0 radical (unpaired) electrons. The number of unbranched alkanes of at least 4 members (excludes halogenated alkanes) is 1. The van der Waals surface area contributed by atoms with Crippen molar-refractivity contribution in [1.82, 2.24) is 20.1 Å². The Labute approximate surface area is 180 Å². The molecule has 2 heterocycles. The van der Waals surface area contributed by atoms with Crippen LogP contribution in [0.15, 0.2) is 40.5 Å². The molecule has 1 amide bonds. The van der Waals surface area contributed by atoms with Gasteiger partial charge in [-0.1, -0.05) is 12.1 Å². The van der Waals surface area contributed by atoms with Gasteiger partial charge in [-0.3, -0.25) is 9.59 Å². The molecule has 31 heavy (non-hydrogen) atoms. The highest BCUT2D eigenvalue weighted by molar-refractivity contribution is 7.09. The molecule has 0 aliphatic heterocycles. The molecule has 2 aromatic heterocycles. The van der Waals surface area contributed by atoms with E-state index in [4.69, 9.17) is 0 Å². The summed E-state index contributed by atoms with van der Waals surface area (Å²) in [6.07, 6.45) is -2.34. The number of benzene rings is 1. The van der Waals surface area contributed by atoms with E-state index in [0.717, 1.165) is 40.4 Å². The summed E-state index contributed by atoms with van der Waals surface area (Å²) in [6, 6.07) is 5.99. The number of aromatic nitrogens is 3. The van der Waals surface area contributed by atoms with Gasteiger partial charge in [0.1, 0.15) is 0 Å². The van der Waals surface area contributed by atoms with Gasteiger partial charge in [-0.15, -0.1) is 11.3 Å². The van der Waals surface area contributed by atoms with E-state index in [9.17, 15) is 22.8 Å². The topological polar surface area (TPSA) is 76.9 Å². The number of carbonyl (C=O) groups is 1. The van der Waals surface area contributed by atoms with Crippen molar-refractivity contribution in [1.29, 1.82) is 0 Å². The number of thiazole rings is 1. The Hall–Kier alpha value is -3.01. The van der Waals surface area contributed by atoms with Crippen molar-refractivity contribution >= 4 is 17.2 Å². The van der Waals surface area contributed by atoms with Gasteiger partial charge in [-0.05, 0) is 45.2 Å². The fourth-order valence-corrected chi connectivity index (χ4v) is 3.87. The Kier molecular flexibility index (Phi) is 6.89. The highest BCUT2D eigenvalue weighted by atomic mass is 32.1. The first kappa shape index (κ1) is 22.7. The third kappa shape index (κ3) is 5.57. The molecule has 0 spiro atoms. The van der Waals surface area contributed by atoms with Gasteiger partial charge in [-0.25, -0.2) is 9.67 Å². The summed E-state index contributed by atoms with van der Waals surface area (Å²) in [4.78, 5) is 29.1. The Morgan fingerprint density at radius 3 is 2.61 bits per heavy atom. The van der Waals surface area contributed by atoms with Crippen LogP contribution in [-0.2, 0) is 12.6 Å². The summed E-state index contributed by atoms with van der Waals surface area (Å²) in [6.45, 7) is 3.70. The standard InChI is InChI=1S/C21H21F3N4O2S/c1-13-12-31-18(26-13)9-5-6-10-25-20(30)19-17(29)11-14(2)28(27-19)16-8-4-3-7-15(16)21(22,23)24/h3-4,7-8,11-12H,5-6,9-10H2,1-2H3,(H,25,30). The van der Waals surface area contributed by atoms with Crippen LogP contribution in [0.25, 0.3) is 5.69 Å². The predicted molar refractivity (Wildman–Crippen MR) is 112 cm³/mol. The van der Waals surface area contributed by atoms with E-state index in [0.29, 0.717) is 13.0 Å². The highest BCUT2D eigenvalue weighted by Gasteiger charge is 2.34. The van der Waals surface area contributed by atoms with Gasteiger partial charge in [0.25, 0.3) is 5.91 Å². The second-order valence-corrected chi connectivity index (χ2v) is 7.96. The van der Waals surface area contributed by atoms with Gasteiger partial charge in [0, 0.05) is 29.4 Å². The van der Waals surface area contributed by atoms with E-state index >= 15 is 0 Å². The van der Waals surface area contributed by atoms with Gasteiger partial charge >= 0.3 is 6.18 Å². The minimum absolute atomic E-state index is 0.192.